The summed E-state index contributed by atoms with van der Waals surface area (Å²) >= 11 is 1.32. The summed E-state index contributed by atoms with van der Waals surface area (Å²) in [4.78, 5) is 9.01. The fourth-order valence-electron chi connectivity index (χ4n) is 1.29. The number of rotatable bonds is 2. The van der Waals surface area contributed by atoms with Gasteiger partial charge >= 0.3 is 6.18 Å². The number of ether oxygens (including phenoxy) is 1. The van der Waals surface area contributed by atoms with E-state index in [-0.39, 0.29) is 11.8 Å². The second kappa shape index (κ2) is 4.02. The molecule has 0 bridgehead atoms. The maximum Gasteiger partial charge on any atom is 0.422 e. The number of hydrogen-bond donors (Lipinski definition) is 1. The van der Waals surface area contributed by atoms with Gasteiger partial charge in [-0.3, -0.25) is 0 Å². The first-order chi connectivity index (χ1) is 7.85. The third-order valence-corrected chi connectivity index (χ3v) is 2.82. The Kier molecular flexibility index (Phi) is 2.82. The summed E-state index contributed by atoms with van der Waals surface area (Å²) < 4.78 is 40.8. The summed E-state index contributed by atoms with van der Waals surface area (Å²) in [5.74, 6) is -0.231. The average Bonchev–Trinajstić information content (AvgIpc) is 2.53. The van der Waals surface area contributed by atoms with Crippen molar-refractivity contribution < 1.29 is 17.9 Å². The molecule has 8 heteroatoms. The minimum atomic E-state index is -4.41. The molecule has 0 aliphatic carbocycles. The second-order valence-corrected chi connectivity index (χ2v) is 4.60. The van der Waals surface area contributed by atoms with E-state index >= 15 is 0 Å². The molecule has 0 saturated carbocycles. The highest BCUT2D eigenvalue weighted by Gasteiger charge is 2.29. The lowest BCUT2D eigenvalue weighted by molar-refractivity contribution is -0.153. The first-order valence-corrected chi connectivity index (χ1v) is 5.40. The Balaban J connectivity index is 2.38. The van der Waals surface area contributed by atoms with Gasteiger partial charge in [-0.25, -0.2) is 4.98 Å². The van der Waals surface area contributed by atoms with Gasteiger partial charge < -0.3 is 10.5 Å². The van der Waals surface area contributed by atoms with E-state index in [1.807, 2.05) is 6.92 Å². The van der Waals surface area contributed by atoms with Crippen molar-refractivity contribution in [1.82, 2.24) is 9.97 Å². The number of halogens is 3. The van der Waals surface area contributed by atoms with Crippen molar-refractivity contribution in [2.75, 3.05) is 12.3 Å². The van der Waals surface area contributed by atoms with Crippen LogP contribution in [-0.4, -0.2) is 22.8 Å². The lowest BCUT2D eigenvalue weighted by Gasteiger charge is -2.09. The van der Waals surface area contributed by atoms with Crippen LogP contribution in [0.3, 0.4) is 0 Å². The highest BCUT2D eigenvalue weighted by Crippen LogP contribution is 2.31. The number of alkyl halides is 3. The monoisotopic (exact) mass is 263 g/mol. The van der Waals surface area contributed by atoms with Crippen molar-refractivity contribution in [2.24, 2.45) is 0 Å². The molecule has 92 valence electrons. The van der Waals surface area contributed by atoms with Crippen LogP contribution >= 0.6 is 11.3 Å². The maximum absolute atomic E-state index is 12.1. The number of anilines is 1. The molecule has 0 aliphatic heterocycles. The average molecular weight is 263 g/mol. The van der Waals surface area contributed by atoms with Crippen LogP contribution < -0.4 is 10.5 Å². The maximum atomic E-state index is 12.1. The minimum absolute atomic E-state index is 0.100. The number of nitrogen functional groups attached to an aromatic ring is 1. The zero-order valence-corrected chi connectivity index (χ0v) is 9.52. The molecule has 0 unspecified atom stereocenters. The molecule has 2 N–H and O–H groups in total. The summed E-state index contributed by atoms with van der Waals surface area (Å²) in [5.41, 5.74) is 5.40. The van der Waals surface area contributed by atoms with Crippen molar-refractivity contribution in [3.8, 4) is 5.88 Å². The van der Waals surface area contributed by atoms with Crippen LogP contribution in [0.25, 0.3) is 10.2 Å². The summed E-state index contributed by atoms with van der Waals surface area (Å²) in [6.45, 7) is 0.420. The largest absolute Gasteiger partial charge is 0.467 e. The van der Waals surface area contributed by atoms with Crippen molar-refractivity contribution in [2.45, 2.75) is 13.1 Å². The van der Waals surface area contributed by atoms with E-state index in [4.69, 9.17) is 5.73 Å². The molecule has 0 spiro atoms. The van der Waals surface area contributed by atoms with Crippen LogP contribution in [0.2, 0.25) is 0 Å². The van der Waals surface area contributed by atoms with E-state index in [0.717, 1.165) is 4.88 Å². The second-order valence-electron chi connectivity index (χ2n) is 3.37. The Morgan fingerprint density at radius 1 is 1.41 bits per heavy atom. The van der Waals surface area contributed by atoms with E-state index in [1.165, 1.54) is 11.3 Å². The topological polar surface area (TPSA) is 61.0 Å². The van der Waals surface area contributed by atoms with Crippen LogP contribution in [0.5, 0.6) is 5.88 Å². The Morgan fingerprint density at radius 3 is 2.76 bits per heavy atom. The number of nitrogens with zero attached hydrogens (tertiary/aromatic N) is 2. The van der Waals surface area contributed by atoms with Crippen molar-refractivity contribution in [3.63, 3.8) is 0 Å². The number of hydrogen-bond acceptors (Lipinski definition) is 5. The first kappa shape index (κ1) is 11.9. The van der Waals surface area contributed by atoms with Gasteiger partial charge in [0, 0.05) is 4.88 Å². The van der Waals surface area contributed by atoms with Crippen LogP contribution in [0.15, 0.2) is 6.07 Å². The third-order valence-electron chi connectivity index (χ3n) is 1.87. The molecule has 17 heavy (non-hydrogen) atoms. The predicted molar refractivity (Wildman–Crippen MR) is 58.1 cm³/mol. The van der Waals surface area contributed by atoms with E-state index < -0.39 is 12.8 Å². The molecule has 0 amide bonds. The van der Waals surface area contributed by atoms with Gasteiger partial charge in [-0.05, 0) is 13.0 Å². The SMILES string of the molecule is Cc1cc2c(OCC(F)(F)F)nc(N)nc2s1. The number of aryl methyl sites for hydroxylation is 1. The molecule has 0 atom stereocenters. The minimum Gasteiger partial charge on any atom is -0.467 e. The summed E-state index contributed by atoms with van der Waals surface area (Å²) in [5, 5.41) is 0.450. The van der Waals surface area contributed by atoms with Gasteiger partial charge in [0.2, 0.25) is 11.8 Å². The molecular formula is C9H8F3N3OS. The lowest BCUT2D eigenvalue weighted by Crippen LogP contribution is -2.20. The standard InChI is InChI=1S/C9H8F3N3OS/c1-4-2-5-6(16-3-9(10,11)12)14-8(13)15-7(5)17-4/h2H,3H2,1H3,(H2,13,14,15). The fraction of sp³-hybridized carbons (Fsp3) is 0.333. The molecule has 2 heterocycles. The molecule has 0 fully saturated rings. The van der Waals surface area contributed by atoms with E-state index in [1.54, 1.807) is 6.07 Å². The Hall–Kier alpha value is -1.57. The zero-order chi connectivity index (χ0) is 12.6. The number of thiophene rings is 1. The van der Waals surface area contributed by atoms with Gasteiger partial charge in [-0.15, -0.1) is 11.3 Å². The molecule has 0 radical (unpaired) electrons. The smallest absolute Gasteiger partial charge is 0.422 e. The summed E-state index contributed by atoms with van der Waals surface area (Å²) in [6.07, 6.45) is -4.41. The van der Waals surface area contributed by atoms with Gasteiger partial charge in [-0.1, -0.05) is 0 Å². The van der Waals surface area contributed by atoms with Crippen molar-refractivity contribution in [3.05, 3.63) is 10.9 Å². The Morgan fingerprint density at radius 2 is 2.12 bits per heavy atom. The van der Waals surface area contributed by atoms with Gasteiger partial charge in [-0.2, -0.15) is 18.2 Å². The van der Waals surface area contributed by atoms with Crippen LogP contribution in [0, 0.1) is 6.92 Å². The highest BCUT2D eigenvalue weighted by molar-refractivity contribution is 7.18. The highest BCUT2D eigenvalue weighted by atomic mass is 32.1. The van der Waals surface area contributed by atoms with Gasteiger partial charge in [0.05, 0.1) is 5.39 Å². The Labute approximate surface area is 98.2 Å². The number of nitrogens with two attached hydrogens (primary N) is 1. The van der Waals surface area contributed by atoms with E-state index in [0.29, 0.717) is 10.2 Å². The normalized spacial score (nSPS) is 12.0. The molecule has 0 aromatic carbocycles. The van der Waals surface area contributed by atoms with Gasteiger partial charge in [0.25, 0.3) is 0 Å². The van der Waals surface area contributed by atoms with Crippen LogP contribution in [-0.2, 0) is 0 Å². The number of fused-ring (bicyclic) bond motifs is 1. The summed E-state index contributed by atoms with van der Waals surface area (Å²) in [7, 11) is 0. The molecule has 0 saturated heterocycles. The fourth-order valence-corrected chi connectivity index (χ4v) is 2.17. The molecule has 2 rings (SSSR count). The van der Waals surface area contributed by atoms with Crippen LogP contribution in [0.1, 0.15) is 4.88 Å². The third kappa shape index (κ3) is 2.76. The predicted octanol–water partition coefficient (Wildman–Crippen LogP) is 2.52. The zero-order valence-electron chi connectivity index (χ0n) is 8.71. The molecular weight excluding hydrogens is 255 g/mol. The van der Waals surface area contributed by atoms with E-state index in [9.17, 15) is 13.2 Å². The molecule has 4 nitrogen and oxygen atoms in total. The van der Waals surface area contributed by atoms with E-state index in [2.05, 4.69) is 14.7 Å². The lowest BCUT2D eigenvalue weighted by atomic mass is 10.3. The van der Waals surface area contributed by atoms with Gasteiger partial charge in [0.15, 0.2) is 6.61 Å². The van der Waals surface area contributed by atoms with Gasteiger partial charge in [0.1, 0.15) is 4.83 Å². The Bertz CT molecular complexity index is 552. The van der Waals surface area contributed by atoms with Crippen molar-refractivity contribution >= 4 is 27.5 Å². The molecule has 2 aromatic rings. The summed E-state index contributed by atoms with van der Waals surface area (Å²) in [6, 6.07) is 1.67. The van der Waals surface area contributed by atoms with Crippen LogP contribution in [0.4, 0.5) is 19.1 Å². The first-order valence-electron chi connectivity index (χ1n) is 4.58. The van der Waals surface area contributed by atoms with Crippen molar-refractivity contribution in [1.29, 1.82) is 0 Å². The quantitative estimate of drug-likeness (QED) is 0.904. The molecule has 2 aromatic heterocycles. The molecule has 0 aliphatic rings. The number of aromatic nitrogens is 2.